The molecule has 0 unspecified atom stereocenters. The van der Waals surface area contributed by atoms with Crippen molar-refractivity contribution >= 4 is 44.9 Å². The molecule has 1 N–H and O–H groups in total. The number of carbonyl (C=O) groups excluding carboxylic acids is 1. The number of aryl methyl sites for hydroxylation is 1. The zero-order valence-corrected chi connectivity index (χ0v) is 18.7. The number of anilines is 1. The number of rotatable bonds is 4. The van der Waals surface area contributed by atoms with Crippen LogP contribution in [0.15, 0.2) is 84.2 Å². The van der Waals surface area contributed by atoms with Gasteiger partial charge in [-0.3, -0.25) is 10.1 Å². The number of benzene rings is 3. The van der Waals surface area contributed by atoms with E-state index in [1.165, 1.54) is 16.9 Å². The van der Waals surface area contributed by atoms with Crippen molar-refractivity contribution in [3.63, 3.8) is 0 Å². The second kappa shape index (κ2) is 8.54. The average molecular weight is 456 g/mol. The summed E-state index contributed by atoms with van der Waals surface area (Å²) in [5, 5.41) is 6.81. The van der Waals surface area contributed by atoms with E-state index in [1.807, 2.05) is 85.1 Å². The number of carbonyl (C=O) groups is 1. The zero-order chi connectivity index (χ0) is 22.1. The van der Waals surface area contributed by atoms with Gasteiger partial charge in [0.05, 0.1) is 22.5 Å². The number of para-hydroxylation sites is 1. The topological polar surface area (TPSA) is 54.9 Å². The highest BCUT2D eigenvalue weighted by Crippen LogP contribution is 2.31. The lowest BCUT2D eigenvalue weighted by Gasteiger charge is -2.10. The summed E-state index contributed by atoms with van der Waals surface area (Å²) in [6.45, 7) is 2.05. The van der Waals surface area contributed by atoms with Crippen LogP contribution in [0.3, 0.4) is 0 Å². The Hall–Kier alpha value is -3.54. The Morgan fingerprint density at radius 1 is 0.906 bits per heavy atom. The highest BCUT2D eigenvalue weighted by molar-refractivity contribution is 7.14. The van der Waals surface area contributed by atoms with Gasteiger partial charge in [-0.05, 0) is 25.1 Å². The van der Waals surface area contributed by atoms with E-state index in [4.69, 9.17) is 16.6 Å². The number of nitrogens with one attached hydrogen (secondary N) is 1. The van der Waals surface area contributed by atoms with Crippen molar-refractivity contribution < 1.29 is 4.79 Å². The van der Waals surface area contributed by atoms with Gasteiger partial charge in [-0.25, -0.2) is 9.97 Å². The Morgan fingerprint density at radius 2 is 1.66 bits per heavy atom. The molecule has 0 saturated heterocycles. The first-order valence-corrected chi connectivity index (χ1v) is 11.3. The van der Waals surface area contributed by atoms with Crippen LogP contribution in [-0.4, -0.2) is 15.9 Å². The van der Waals surface area contributed by atoms with Gasteiger partial charge in [0.1, 0.15) is 0 Å². The van der Waals surface area contributed by atoms with Crippen LogP contribution in [0.25, 0.3) is 33.4 Å². The van der Waals surface area contributed by atoms with E-state index in [1.54, 1.807) is 6.07 Å². The molecule has 3 aromatic carbocycles. The first kappa shape index (κ1) is 20.4. The van der Waals surface area contributed by atoms with Gasteiger partial charge in [-0.1, -0.05) is 77.8 Å². The maximum atomic E-state index is 13.3. The number of aromatic nitrogens is 2. The summed E-state index contributed by atoms with van der Waals surface area (Å²) in [7, 11) is 0. The maximum Gasteiger partial charge on any atom is 0.258 e. The van der Waals surface area contributed by atoms with E-state index in [0.29, 0.717) is 21.4 Å². The van der Waals surface area contributed by atoms with E-state index in [9.17, 15) is 4.79 Å². The van der Waals surface area contributed by atoms with Gasteiger partial charge in [-0.15, -0.1) is 11.3 Å². The normalized spacial score (nSPS) is 10.9. The third-order valence-electron chi connectivity index (χ3n) is 5.18. The Bertz CT molecular complexity index is 1440. The molecule has 0 bridgehead atoms. The quantitative estimate of drug-likeness (QED) is 0.310. The number of hydrogen-bond acceptors (Lipinski definition) is 4. The highest BCUT2D eigenvalue weighted by atomic mass is 35.5. The Labute approximate surface area is 194 Å². The van der Waals surface area contributed by atoms with Crippen LogP contribution < -0.4 is 5.32 Å². The van der Waals surface area contributed by atoms with Gasteiger partial charge in [0, 0.05) is 26.9 Å². The summed E-state index contributed by atoms with van der Waals surface area (Å²) >= 11 is 7.79. The number of nitrogens with zero attached hydrogens (tertiary/aromatic N) is 2. The minimum absolute atomic E-state index is 0.235. The minimum Gasteiger partial charge on any atom is -0.298 e. The van der Waals surface area contributed by atoms with Crippen molar-refractivity contribution in [2.45, 2.75) is 6.92 Å². The standard InChI is InChI=1S/C26H18ClN3OS/c1-16-10-12-17(13-11-16)24-15-32-26(29-24)30-25(31)20-14-23(19-7-2-4-8-21(19)27)28-22-9-5-3-6-18(20)22/h2-15H,1H3,(H,29,30,31). The van der Waals surface area contributed by atoms with Crippen molar-refractivity contribution in [2.24, 2.45) is 0 Å². The first-order chi connectivity index (χ1) is 15.6. The van der Waals surface area contributed by atoms with Gasteiger partial charge in [0.25, 0.3) is 5.91 Å². The van der Waals surface area contributed by atoms with Crippen molar-refractivity contribution in [3.05, 3.63) is 100 Å². The molecular formula is C26H18ClN3OS. The van der Waals surface area contributed by atoms with Crippen LogP contribution in [0.2, 0.25) is 5.02 Å². The second-order valence-corrected chi connectivity index (χ2v) is 8.68. The predicted octanol–water partition coefficient (Wildman–Crippen LogP) is 7.24. The van der Waals surface area contributed by atoms with E-state index in [0.717, 1.165) is 27.7 Å². The second-order valence-electron chi connectivity index (χ2n) is 7.41. The van der Waals surface area contributed by atoms with Crippen molar-refractivity contribution in [2.75, 3.05) is 5.32 Å². The average Bonchev–Trinajstić information content (AvgIpc) is 3.27. The van der Waals surface area contributed by atoms with Crippen LogP contribution in [0.4, 0.5) is 5.13 Å². The van der Waals surface area contributed by atoms with Crippen LogP contribution in [0.5, 0.6) is 0 Å². The minimum atomic E-state index is -0.235. The maximum absolute atomic E-state index is 13.3. The van der Waals surface area contributed by atoms with E-state index in [2.05, 4.69) is 10.3 Å². The van der Waals surface area contributed by atoms with Gasteiger partial charge in [-0.2, -0.15) is 0 Å². The molecule has 1 amide bonds. The Morgan fingerprint density at radius 3 is 2.47 bits per heavy atom. The fraction of sp³-hybridized carbons (Fsp3) is 0.0385. The number of amides is 1. The van der Waals surface area contributed by atoms with E-state index < -0.39 is 0 Å². The molecule has 5 rings (SSSR count). The molecule has 4 nitrogen and oxygen atoms in total. The van der Waals surface area contributed by atoms with E-state index in [-0.39, 0.29) is 5.91 Å². The summed E-state index contributed by atoms with van der Waals surface area (Å²) in [6, 6.07) is 25.0. The summed E-state index contributed by atoms with van der Waals surface area (Å²) in [6.07, 6.45) is 0. The lowest BCUT2D eigenvalue weighted by molar-refractivity contribution is 0.102. The van der Waals surface area contributed by atoms with Crippen molar-refractivity contribution in [1.82, 2.24) is 9.97 Å². The molecule has 32 heavy (non-hydrogen) atoms. The molecule has 0 atom stereocenters. The summed E-state index contributed by atoms with van der Waals surface area (Å²) in [4.78, 5) is 22.6. The van der Waals surface area contributed by atoms with Crippen LogP contribution in [0, 0.1) is 6.92 Å². The highest BCUT2D eigenvalue weighted by Gasteiger charge is 2.16. The summed E-state index contributed by atoms with van der Waals surface area (Å²) in [5.41, 5.74) is 5.73. The van der Waals surface area contributed by atoms with Crippen molar-refractivity contribution in [3.8, 4) is 22.5 Å². The molecule has 6 heteroatoms. The largest absolute Gasteiger partial charge is 0.298 e. The van der Waals surface area contributed by atoms with Crippen LogP contribution in [0.1, 0.15) is 15.9 Å². The third kappa shape index (κ3) is 4.00. The van der Waals surface area contributed by atoms with E-state index >= 15 is 0 Å². The fourth-order valence-corrected chi connectivity index (χ4v) is 4.47. The van der Waals surface area contributed by atoms with Gasteiger partial charge in [0.15, 0.2) is 5.13 Å². The fourth-order valence-electron chi connectivity index (χ4n) is 3.52. The smallest absolute Gasteiger partial charge is 0.258 e. The molecule has 0 aliphatic rings. The molecule has 0 fully saturated rings. The predicted molar refractivity (Wildman–Crippen MR) is 132 cm³/mol. The number of halogens is 1. The molecule has 5 aromatic rings. The molecule has 2 aromatic heterocycles. The molecule has 156 valence electrons. The Kier molecular flexibility index (Phi) is 5.43. The number of pyridine rings is 1. The lowest BCUT2D eigenvalue weighted by Crippen LogP contribution is -2.13. The molecule has 0 aliphatic heterocycles. The van der Waals surface area contributed by atoms with Crippen molar-refractivity contribution in [1.29, 1.82) is 0 Å². The number of hydrogen-bond donors (Lipinski definition) is 1. The molecule has 0 aliphatic carbocycles. The van der Waals surface area contributed by atoms with Crippen LogP contribution >= 0.6 is 22.9 Å². The molecular weight excluding hydrogens is 438 g/mol. The van der Waals surface area contributed by atoms with Gasteiger partial charge >= 0.3 is 0 Å². The SMILES string of the molecule is Cc1ccc(-c2csc(NC(=O)c3cc(-c4ccccc4Cl)nc4ccccc34)n2)cc1. The zero-order valence-electron chi connectivity index (χ0n) is 17.2. The molecule has 0 radical (unpaired) electrons. The molecule has 2 heterocycles. The third-order valence-corrected chi connectivity index (χ3v) is 6.27. The molecule has 0 spiro atoms. The number of thiazole rings is 1. The summed E-state index contributed by atoms with van der Waals surface area (Å²) in [5.74, 6) is -0.235. The lowest BCUT2D eigenvalue weighted by atomic mass is 10.0. The number of fused-ring (bicyclic) bond motifs is 1. The molecule has 0 saturated carbocycles. The van der Waals surface area contributed by atoms with Gasteiger partial charge < -0.3 is 0 Å². The van der Waals surface area contributed by atoms with Gasteiger partial charge in [0.2, 0.25) is 0 Å². The summed E-state index contributed by atoms with van der Waals surface area (Å²) < 4.78 is 0. The Balaban J connectivity index is 1.51. The van der Waals surface area contributed by atoms with Crippen LogP contribution in [-0.2, 0) is 0 Å². The monoisotopic (exact) mass is 455 g/mol. The first-order valence-electron chi connectivity index (χ1n) is 10.1.